The lowest BCUT2D eigenvalue weighted by Crippen LogP contribution is -2.33. The van der Waals surface area contributed by atoms with Crippen molar-refractivity contribution < 1.29 is 0 Å². The normalized spacial score (nSPS) is 20.2. The van der Waals surface area contributed by atoms with E-state index in [1.807, 2.05) is 11.3 Å². The van der Waals surface area contributed by atoms with Crippen LogP contribution in [0.2, 0.25) is 0 Å². The molecule has 0 aliphatic heterocycles. The predicted molar refractivity (Wildman–Crippen MR) is 90.7 cm³/mol. The number of nitrogens with one attached hydrogen (secondary N) is 1. The van der Waals surface area contributed by atoms with Gasteiger partial charge < -0.3 is 5.32 Å². The van der Waals surface area contributed by atoms with Crippen molar-refractivity contribution >= 4 is 11.3 Å². The van der Waals surface area contributed by atoms with Crippen molar-refractivity contribution in [1.82, 2.24) is 10.3 Å². The average molecular weight is 300 g/mol. The number of thiazole rings is 1. The minimum absolute atomic E-state index is 0.334. The maximum atomic E-state index is 4.95. The van der Waals surface area contributed by atoms with Crippen LogP contribution in [0.4, 0.5) is 0 Å². The van der Waals surface area contributed by atoms with Gasteiger partial charge in [-0.2, -0.15) is 0 Å². The lowest BCUT2D eigenvalue weighted by Gasteiger charge is -2.34. The van der Waals surface area contributed by atoms with Gasteiger partial charge in [0.1, 0.15) is 5.01 Å². The molecule has 0 saturated heterocycles. The van der Waals surface area contributed by atoms with Crippen LogP contribution in [0.25, 0.3) is 10.6 Å². The molecule has 0 radical (unpaired) electrons. The molecular weight excluding hydrogens is 276 g/mol. The molecule has 1 N–H and O–H groups in total. The zero-order valence-electron chi connectivity index (χ0n) is 13.1. The van der Waals surface area contributed by atoms with E-state index in [2.05, 4.69) is 56.4 Å². The summed E-state index contributed by atoms with van der Waals surface area (Å²) in [6.45, 7) is 8.03. The number of fused-ring (bicyclic) bond motifs is 1. The van der Waals surface area contributed by atoms with Crippen molar-refractivity contribution in [2.75, 3.05) is 6.54 Å². The number of rotatable bonds is 4. The summed E-state index contributed by atoms with van der Waals surface area (Å²) >= 11 is 1.87. The van der Waals surface area contributed by atoms with E-state index < -0.39 is 0 Å². The summed E-state index contributed by atoms with van der Waals surface area (Å²) in [7, 11) is 0. The van der Waals surface area contributed by atoms with Crippen LogP contribution in [0.15, 0.2) is 30.3 Å². The molecule has 0 spiro atoms. The van der Waals surface area contributed by atoms with Crippen molar-refractivity contribution in [2.45, 2.75) is 46.1 Å². The third-order valence-corrected chi connectivity index (χ3v) is 5.37. The number of hydrogen-bond acceptors (Lipinski definition) is 3. The van der Waals surface area contributed by atoms with E-state index in [1.165, 1.54) is 34.0 Å². The Hall–Kier alpha value is -1.19. The zero-order chi connectivity index (χ0) is 14.9. The fraction of sp³-hybridized carbons (Fsp3) is 0.500. The summed E-state index contributed by atoms with van der Waals surface area (Å²) in [6, 6.07) is 11.0. The lowest BCUT2D eigenvalue weighted by molar-refractivity contribution is 0.258. The first kappa shape index (κ1) is 14.7. The summed E-state index contributed by atoms with van der Waals surface area (Å²) in [5.74, 6) is 0. The van der Waals surface area contributed by atoms with Gasteiger partial charge in [-0.3, -0.25) is 0 Å². The van der Waals surface area contributed by atoms with Gasteiger partial charge in [-0.25, -0.2) is 4.98 Å². The summed E-state index contributed by atoms with van der Waals surface area (Å²) in [4.78, 5) is 6.41. The van der Waals surface area contributed by atoms with Crippen molar-refractivity contribution in [1.29, 1.82) is 0 Å². The number of nitrogens with zero attached hydrogens (tertiary/aromatic N) is 1. The molecule has 1 unspecified atom stereocenters. The third kappa shape index (κ3) is 3.19. The minimum atomic E-state index is 0.334. The third-order valence-electron chi connectivity index (χ3n) is 4.11. The maximum absolute atomic E-state index is 4.95. The molecule has 1 heterocycles. The molecule has 112 valence electrons. The molecule has 0 amide bonds. The van der Waals surface area contributed by atoms with Gasteiger partial charge in [0.2, 0.25) is 0 Å². The molecule has 1 aliphatic rings. The monoisotopic (exact) mass is 300 g/mol. The maximum Gasteiger partial charge on any atom is 0.123 e. The number of aromatic nitrogens is 1. The summed E-state index contributed by atoms with van der Waals surface area (Å²) in [5.41, 5.74) is 2.88. The van der Waals surface area contributed by atoms with Crippen molar-refractivity contribution in [3.8, 4) is 10.6 Å². The number of hydrogen-bond donors (Lipinski definition) is 1. The second-order valence-corrected chi connectivity index (χ2v) is 7.78. The van der Waals surface area contributed by atoms with E-state index >= 15 is 0 Å². The van der Waals surface area contributed by atoms with Crippen LogP contribution in [0.5, 0.6) is 0 Å². The Balaban J connectivity index is 1.95. The van der Waals surface area contributed by atoms with Gasteiger partial charge in [0, 0.05) is 16.5 Å². The van der Waals surface area contributed by atoms with Crippen LogP contribution in [0, 0.1) is 5.41 Å². The van der Waals surface area contributed by atoms with Gasteiger partial charge in [0.15, 0.2) is 0 Å². The second kappa shape index (κ2) is 5.90. The van der Waals surface area contributed by atoms with E-state index in [-0.39, 0.29) is 0 Å². The van der Waals surface area contributed by atoms with Crippen LogP contribution >= 0.6 is 11.3 Å². The second-order valence-electron chi connectivity index (χ2n) is 6.75. The Kier molecular flexibility index (Phi) is 4.14. The van der Waals surface area contributed by atoms with E-state index in [0.717, 1.165) is 13.0 Å². The van der Waals surface area contributed by atoms with E-state index in [1.54, 1.807) is 0 Å². The highest BCUT2D eigenvalue weighted by atomic mass is 32.1. The molecule has 21 heavy (non-hydrogen) atoms. The molecule has 0 fully saturated rings. The largest absolute Gasteiger partial charge is 0.309 e. The van der Waals surface area contributed by atoms with Gasteiger partial charge >= 0.3 is 0 Å². The molecule has 0 bridgehead atoms. The van der Waals surface area contributed by atoms with E-state index in [9.17, 15) is 0 Å². The molecule has 1 aromatic heterocycles. The smallest absolute Gasteiger partial charge is 0.123 e. The molecule has 1 atom stereocenters. The fourth-order valence-electron chi connectivity index (χ4n) is 3.12. The molecule has 2 aromatic rings. The molecule has 3 heteroatoms. The summed E-state index contributed by atoms with van der Waals surface area (Å²) in [5, 5.41) is 4.89. The first-order valence-electron chi connectivity index (χ1n) is 7.87. The van der Waals surface area contributed by atoms with Crippen LogP contribution in [0.3, 0.4) is 0 Å². The van der Waals surface area contributed by atoms with Crippen LogP contribution in [-0.2, 0) is 6.42 Å². The topological polar surface area (TPSA) is 24.9 Å². The Bertz CT molecular complexity index is 601. The minimum Gasteiger partial charge on any atom is -0.309 e. The molecular formula is C18H24N2S. The lowest BCUT2D eigenvalue weighted by atomic mass is 9.76. The van der Waals surface area contributed by atoms with Crippen LogP contribution in [-0.4, -0.2) is 11.5 Å². The highest BCUT2D eigenvalue weighted by molar-refractivity contribution is 7.15. The Morgan fingerprint density at radius 2 is 2.05 bits per heavy atom. The zero-order valence-corrected chi connectivity index (χ0v) is 14.0. The van der Waals surface area contributed by atoms with Gasteiger partial charge in [0.05, 0.1) is 5.69 Å². The molecule has 0 saturated carbocycles. The number of benzene rings is 1. The first-order valence-corrected chi connectivity index (χ1v) is 8.69. The molecule has 3 rings (SSSR count). The first-order chi connectivity index (χ1) is 10.1. The average Bonchev–Trinajstić information content (AvgIpc) is 2.88. The standard InChI is InChI=1S/C18H24N2S/c1-4-10-19-14-11-18(2,3)12-15-16(14)21-17(20-15)13-8-6-5-7-9-13/h5-9,14,19H,4,10-12H2,1-3H3. The van der Waals surface area contributed by atoms with E-state index in [4.69, 9.17) is 4.98 Å². The Morgan fingerprint density at radius 3 is 2.76 bits per heavy atom. The highest BCUT2D eigenvalue weighted by Crippen LogP contribution is 2.44. The van der Waals surface area contributed by atoms with Gasteiger partial charge in [-0.1, -0.05) is 51.1 Å². The van der Waals surface area contributed by atoms with Crippen molar-refractivity contribution in [3.63, 3.8) is 0 Å². The molecule has 1 aliphatic carbocycles. The SMILES string of the molecule is CCCNC1CC(C)(C)Cc2nc(-c3ccccc3)sc21. The summed E-state index contributed by atoms with van der Waals surface area (Å²) in [6.07, 6.45) is 3.48. The van der Waals surface area contributed by atoms with Gasteiger partial charge in [0.25, 0.3) is 0 Å². The van der Waals surface area contributed by atoms with Crippen LogP contribution < -0.4 is 5.32 Å². The Labute approximate surface area is 131 Å². The molecule has 1 aromatic carbocycles. The highest BCUT2D eigenvalue weighted by Gasteiger charge is 2.34. The van der Waals surface area contributed by atoms with E-state index in [0.29, 0.717) is 11.5 Å². The van der Waals surface area contributed by atoms with Gasteiger partial charge in [-0.05, 0) is 31.2 Å². The summed E-state index contributed by atoms with van der Waals surface area (Å²) < 4.78 is 0. The predicted octanol–water partition coefficient (Wildman–Crippen LogP) is 4.82. The Morgan fingerprint density at radius 1 is 1.29 bits per heavy atom. The fourth-order valence-corrected chi connectivity index (χ4v) is 4.28. The van der Waals surface area contributed by atoms with Gasteiger partial charge in [-0.15, -0.1) is 11.3 Å². The van der Waals surface area contributed by atoms with Crippen LogP contribution in [0.1, 0.15) is 50.2 Å². The molecule has 2 nitrogen and oxygen atoms in total. The van der Waals surface area contributed by atoms with Crippen molar-refractivity contribution in [2.24, 2.45) is 5.41 Å². The quantitative estimate of drug-likeness (QED) is 0.875. The van der Waals surface area contributed by atoms with Crippen molar-refractivity contribution in [3.05, 3.63) is 40.9 Å².